The van der Waals surface area contributed by atoms with Crippen molar-refractivity contribution in [3.8, 4) is 11.5 Å². The molecule has 0 saturated carbocycles. The number of hydrogen-bond donors (Lipinski definition) is 2. The van der Waals surface area contributed by atoms with E-state index < -0.39 is 0 Å². The van der Waals surface area contributed by atoms with E-state index in [-0.39, 0.29) is 36.6 Å². The van der Waals surface area contributed by atoms with Crippen molar-refractivity contribution in [3.63, 3.8) is 0 Å². The van der Waals surface area contributed by atoms with E-state index >= 15 is 0 Å². The van der Waals surface area contributed by atoms with Gasteiger partial charge < -0.3 is 20.1 Å². The lowest BCUT2D eigenvalue weighted by atomic mass is 9.99. The van der Waals surface area contributed by atoms with Crippen LogP contribution in [-0.4, -0.2) is 49.7 Å². The number of benzene rings is 2. The highest BCUT2D eigenvalue weighted by Gasteiger charge is 2.14. The maximum atomic E-state index is 12.1. The summed E-state index contributed by atoms with van der Waals surface area (Å²) < 4.78 is 11.3. The van der Waals surface area contributed by atoms with E-state index in [1.807, 2.05) is 27.7 Å². The fourth-order valence-corrected chi connectivity index (χ4v) is 4.11. The van der Waals surface area contributed by atoms with Crippen molar-refractivity contribution < 1.29 is 28.7 Å². The Morgan fingerprint density at radius 3 is 1.35 bits per heavy atom. The number of unbranched alkanes of at least 4 members (excludes halogenated alkanes) is 3. The lowest BCUT2D eigenvalue weighted by molar-refractivity contribution is -0.123. The number of carbonyl (C=O) groups is 4. The molecule has 0 fully saturated rings. The summed E-state index contributed by atoms with van der Waals surface area (Å²) in [6, 6.07) is 6.77. The van der Waals surface area contributed by atoms with Gasteiger partial charge in [-0.25, -0.2) is 0 Å². The smallest absolute Gasteiger partial charge is 0.257 e. The van der Waals surface area contributed by atoms with Crippen molar-refractivity contribution in [2.24, 2.45) is 0 Å². The van der Waals surface area contributed by atoms with Gasteiger partial charge in [0.25, 0.3) is 11.8 Å². The highest BCUT2D eigenvalue weighted by Crippen LogP contribution is 2.26. The first kappa shape index (κ1) is 32.0. The molecule has 2 N–H and O–H groups in total. The van der Waals surface area contributed by atoms with Crippen molar-refractivity contribution in [3.05, 3.63) is 83.0 Å². The molecule has 0 bridgehead atoms. The van der Waals surface area contributed by atoms with E-state index in [4.69, 9.17) is 9.47 Å². The number of ketones is 2. The van der Waals surface area contributed by atoms with Crippen LogP contribution in [0, 0.1) is 27.7 Å². The highest BCUT2D eigenvalue weighted by molar-refractivity contribution is 6.06. The molecule has 0 atom stereocenters. The highest BCUT2D eigenvalue weighted by atomic mass is 16.5. The normalized spacial score (nSPS) is 10.4. The molecular formula is C32H40N2O6. The number of carbonyl (C=O) groups excluding carboxylic acids is 4. The van der Waals surface area contributed by atoms with Crippen LogP contribution in [-0.2, 0) is 9.59 Å². The first-order valence-corrected chi connectivity index (χ1v) is 13.4. The van der Waals surface area contributed by atoms with Crippen LogP contribution in [0.4, 0.5) is 0 Å². The van der Waals surface area contributed by atoms with Crippen LogP contribution in [0.25, 0.3) is 0 Å². The van der Waals surface area contributed by atoms with Gasteiger partial charge in [-0.05, 0) is 99.2 Å². The molecule has 0 saturated heterocycles. The summed E-state index contributed by atoms with van der Waals surface area (Å²) in [5, 5.41) is 5.69. The fourth-order valence-electron chi connectivity index (χ4n) is 4.11. The lowest BCUT2D eigenvalue weighted by Crippen LogP contribution is -2.30. The summed E-state index contributed by atoms with van der Waals surface area (Å²) in [5.41, 5.74) is 4.41. The Hall–Kier alpha value is -4.20. The first-order valence-electron chi connectivity index (χ1n) is 13.4. The number of hydrogen-bond acceptors (Lipinski definition) is 6. The van der Waals surface area contributed by atoms with Gasteiger partial charge in [0.2, 0.25) is 0 Å². The molecule has 0 spiro atoms. The van der Waals surface area contributed by atoms with Crippen LogP contribution in [0.1, 0.15) is 68.7 Å². The van der Waals surface area contributed by atoms with Crippen molar-refractivity contribution in [1.29, 1.82) is 0 Å². The molecule has 2 aromatic rings. The van der Waals surface area contributed by atoms with Crippen LogP contribution >= 0.6 is 0 Å². The van der Waals surface area contributed by atoms with Gasteiger partial charge in [0.15, 0.2) is 24.8 Å². The molecular weight excluding hydrogens is 508 g/mol. The molecule has 0 radical (unpaired) electrons. The van der Waals surface area contributed by atoms with Crippen molar-refractivity contribution >= 4 is 23.4 Å². The van der Waals surface area contributed by atoms with E-state index in [0.717, 1.165) is 47.9 Å². The molecule has 214 valence electrons. The Morgan fingerprint density at radius 1 is 0.625 bits per heavy atom. The quantitative estimate of drug-likeness (QED) is 0.165. The summed E-state index contributed by atoms with van der Waals surface area (Å²) in [6.07, 6.45) is 6.03. The zero-order chi connectivity index (χ0) is 29.7. The predicted molar refractivity (Wildman–Crippen MR) is 156 cm³/mol. The first-order chi connectivity index (χ1) is 19.1. The summed E-state index contributed by atoms with van der Waals surface area (Å²) in [7, 11) is 0. The molecule has 2 aromatic carbocycles. The van der Waals surface area contributed by atoms with Crippen LogP contribution in [0.5, 0.6) is 11.5 Å². The largest absolute Gasteiger partial charge is 0.483 e. The standard InChI is InChI=1S/C32H40N2O6/c1-7-27(35)25-13-15-29(23(5)21(25)3)39-19-31(37)33-17-11-9-10-12-18-34-32(38)20-40-30-16-14-26(28(36)8-2)22(4)24(30)6/h7-8,13-16H,1-2,9-12,17-20H2,3-6H3,(H,33,37)(H,34,38). The minimum Gasteiger partial charge on any atom is -0.483 e. The maximum Gasteiger partial charge on any atom is 0.257 e. The third-order valence-corrected chi connectivity index (χ3v) is 6.84. The van der Waals surface area contributed by atoms with Gasteiger partial charge in [-0.1, -0.05) is 26.0 Å². The van der Waals surface area contributed by atoms with Gasteiger partial charge >= 0.3 is 0 Å². The molecule has 0 heterocycles. The predicted octanol–water partition coefficient (Wildman–Crippen LogP) is 4.91. The van der Waals surface area contributed by atoms with E-state index in [9.17, 15) is 19.2 Å². The maximum absolute atomic E-state index is 12.1. The average Bonchev–Trinajstić information content (AvgIpc) is 2.95. The van der Waals surface area contributed by atoms with Crippen LogP contribution in [0.2, 0.25) is 0 Å². The molecule has 0 aliphatic heterocycles. The third kappa shape index (κ3) is 9.22. The molecule has 8 nitrogen and oxygen atoms in total. The zero-order valence-electron chi connectivity index (χ0n) is 24.0. The number of ether oxygens (including phenoxy) is 2. The van der Waals surface area contributed by atoms with Crippen molar-refractivity contribution in [2.45, 2.75) is 53.4 Å². The molecule has 2 rings (SSSR count). The van der Waals surface area contributed by atoms with E-state index in [1.165, 1.54) is 12.2 Å². The summed E-state index contributed by atoms with van der Waals surface area (Å²) >= 11 is 0. The Balaban J connectivity index is 1.58. The van der Waals surface area contributed by atoms with Crippen molar-refractivity contribution in [1.82, 2.24) is 10.6 Å². The Kier molecular flexibility index (Phi) is 12.8. The molecule has 2 amide bonds. The number of rotatable bonds is 17. The molecule has 0 aliphatic carbocycles. The third-order valence-electron chi connectivity index (χ3n) is 6.84. The van der Waals surface area contributed by atoms with Gasteiger partial charge in [0.1, 0.15) is 11.5 Å². The van der Waals surface area contributed by atoms with Gasteiger partial charge in [0, 0.05) is 24.2 Å². The number of allylic oxidation sites excluding steroid dienone is 2. The van der Waals surface area contributed by atoms with Crippen LogP contribution < -0.4 is 20.1 Å². The van der Waals surface area contributed by atoms with Crippen LogP contribution in [0.15, 0.2) is 49.6 Å². The number of nitrogens with one attached hydrogen (secondary N) is 2. The van der Waals surface area contributed by atoms with Gasteiger partial charge in [-0.15, -0.1) is 0 Å². The average molecular weight is 549 g/mol. The summed E-state index contributed by atoms with van der Waals surface area (Å²) in [5.74, 6) is 0.445. The topological polar surface area (TPSA) is 111 Å². The van der Waals surface area contributed by atoms with E-state index in [0.29, 0.717) is 35.7 Å². The number of amides is 2. The summed E-state index contributed by atoms with van der Waals surface area (Å²) in [6.45, 7) is 15.3. The molecule has 8 heteroatoms. The molecule has 40 heavy (non-hydrogen) atoms. The lowest BCUT2D eigenvalue weighted by Gasteiger charge is -2.13. The van der Waals surface area contributed by atoms with E-state index in [1.54, 1.807) is 24.3 Å². The fraction of sp³-hybridized carbons (Fsp3) is 0.375. The second kappa shape index (κ2) is 16.0. The zero-order valence-corrected chi connectivity index (χ0v) is 24.0. The minimum absolute atomic E-state index is 0.0979. The van der Waals surface area contributed by atoms with Gasteiger partial charge in [0.05, 0.1) is 0 Å². The Bertz CT molecular complexity index is 1170. The minimum atomic E-state index is -0.206. The van der Waals surface area contributed by atoms with E-state index in [2.05, 4.69) is 23.8 Å². The molecule has 0 aliphatic rings. The van der Waals surface area contributed by atoms with Gasteiger partial charge in [-0.3, -0.25) is 19.2 Å². The monoisotopic (exact) mass is 548 g/mol. The summed E-state index contributed by atoms with van der Waals surface area (Å²) in [4.78, 5) is 48.0. The second-order valence-corrected chi connectivity index (χ2v) is 9.55. The van der Waals surface area contributed by atoms with Gasteiger partial charge in [-0.2, -0.15) is 0 Å². The second-order valence-electron chi connectivity index (χ2n) is 9.55. The van der Waals surface area contributed by atoms with Crippen LogP contribution in [0.3, 0.4) is 0 Å². The Labute approximate surface area is 236 Å². The van der Waals surface area contributed by atoms with Crippen molar-refractivity contribution in [2.75, 3.05) is 26.3 Å². The SMILES string of the molecule is C=CC(=O)c1ccc(OCC(=O)NCCCCCCNC(=O)COc2ccc(C(=O)C=C)c(C)c2C)c(C)c1C. The molecule has 0 unspecified atom stereocenters. The molecule has 0 aromatic heterocycles. The Morgan fingerprint density at radius 2 is 1.00 bits per heavy atom.